The summed E-state index contributed by atoms with van der Waals surface area (Å²) in [6, 6.07) is 12.7. The third-order valence-electron chi connectivity index (χ3n) is 3.32. The highest BCUT2D eigenvalue weighted by Gasteiger charge is 2.15. The molecule has 1 atom stereocenters. The maximum Gasteiger partial charge on any atom is 0.223 e. The first kappa shape index (κ1) is 12.1. The summed E-state index contributed by atoms with van der Waals surface area (Å²) < 4.78 is 0. The van der Waals surface area contributed by atoms with Crippen molar-refractivity contribution in [2.45, 2.75) is 19.4 Å². The second-order valence-electron chi connectivity index (χ2n) is 4.92. The van der Waals surface area contributed by atoms with Crippen LogP contribution in [0, 0.1) is 6.92 Å². The van der Waals surface area contributed by atoms with Crippen LogP contribution in [0.5, 0.6) is 0 Å². The minimum atomic E-state index is 0.436. The molecule has 0 radical (unpaired) electrons. The van der Waals surface area contributed by atoms with E-state index in [1.807, 2.05) is 31.2 Å². The highest BCUT2D eigenvalue weighted by Crippen LogP contribution is 2.19. The molecular weight excluding hydrogens is 236 g/mol. The quantitative estimate of drug-likeness (QED) is 0.882. The van der Waals surface area contributed by atoms with Crippen molar-refractivity contribution >= 4 is 5.95 Å². The molecule has 0 amide bonds. The minimum absolute atomic E-state index is 0.436. The molecule has 2 aromatic rings. The van der Waals surface area contributed by atoms with E-state index in [-0.39, 0.29) is 0 Å². The molecule has 0 saturated carbocycles. The number of hydrogen-bond donors (Lipinski definition) is 2. The average molecular weight is 254 g/mol. The first-order valence-electron chi connectivity index (χ1n) is 6.69. The standard InChI is InChI=1S/C15H18N4/c1-11-9-14(12-5-3-2-4-6-12)19-15(17-11)18-13-7-8-16-10-13/h2-6,9,13,16H,7-8,10H2,1H3,(H,17,18,19). The molecule has 1 saturated heterocycles. The van der Waals surface area contributed by atoms with Gasteiger partial charge in [-0.2, -0.15) is 0 Å². The van der Waals surface area contributed by atoms with Crippen molar-refractivity contribution in [1.29, 1.82) is 0 Å². The van der Waals surface area contributed by atoms with Crippen LogP contribution in [0.1, 0.15) is 12.1 Å². The predicted molar refractivity (Wildman–Crippen MR) is 77.1 cm³/mol. The zero-order chi connectivity index (χ0) is 13.1. The molecular formula is C15H18N4. The van der Waals surface area contributed by atoms with Crippen molar-refractivity contribution in [1.82, 2.24) is 15.3 Å². The molecule has 1 aromatic carbocycles. The molecule has 1 aromatic heterocycles. The maximum absolute atomic E-state index is 4.62. The van der Waals surface area contributed by atoms with Crippen LogP contribution in [0.25, 0.3) is 11.3 Å². The van der Waals surface area contributed by atoms with Crippen LogP contribution in [0.4, 0.5) is 5.95 Å². The zero-order valence-electron chi connectivity index (χ0n) is 11.1. The summed E-state index contributed by atoms with van der Waals surface area (Å²) in [5.41, 5.74) is 3.09. The van der Waals surface area contributed by atoms with E-state index in [4.69, 9.17) is 0 Å². The number of rotatable bonds is 3. The first-order chi connectivity index (χ1) is 9.31. The van der Waals surface area contributed by atoms with Gasteiger partial charge < -0.3 is 10.6 Å². The Hall–Kier alpha value is -1.94. The minimum Gasteiger partial charge on any atom is -0.350 e. The van der Waals surface area contributed by atoms with Gasteiger partial charge in [0.2, 0.25) is 5.95 Å². The lowest BCUT2D eigenvalue weighted by molar-refractivity contribution is 0.779. The Morgan fingerprint density at radius 1 is 1.21 bits per heavy atom. The smallest absolute Gasteiger partial charge is 0.223 e. The number of hydrogen-bond acceptors (Lipinski definition) is 4. The Morgan fingerprint density at radius 2 is 2.05 bits per heavy atom. The lowest BCUT2D eigenvalue weighted by Crippen LogP contribution is -2.23. The van der Waals surface area contributed by atoms with Gasteiger partial charge in [-0.1, -0.05) is 30.3 Å². The van der Waals surface area contributed by atoms with Crippen molar-refractivity contribution < 1.29 is 0 Å². The summed E-state index contributed by atoms with van der Waals surface area (Å²) in [5, 5.41) is 6.74. The second kappa shape index (κ2) is 5.36. The molecule has 0 bridgehead atoms. The molecule has 1 aliphatic heterocycles. The summed E-state index contributed by atoms with van der Waals surface area (Å²) in [4.78, 5) is 9.09. The van der Waals surface area contributed by atoms with Gasteiger partial charge in [-0.3, -0.25) is 0 Å². The highest BCUT2D eigenvalue weighted by molar-refractivity contribution is 5.60. The molecule has 0 aliphatic carbocycles. The summed E-state index contributed by atoms with van der Waals surface area (Å²) in [6.07, 6.45) is 1.12. The fraction of sp³-hybridized carbons (Fsp3) is 0.333. The van der Waals surface area contributed by atoms with Crippen molar-refractivity contribution in [2.24, 2.45) is 0 Å². The fourth-order valence-corrected chi connectivity index (χ4v) is 2.35. The van der Waals surface area contributed by atoms with Crippen molar-refractivity contribution in [3.8, 4) is 11.3 Å². The van der Waals surface area contributed by atoms with Crippen LogP contribution in [0.2, 0.25) is 0 Å². The Morgan fingerprint density at radius 3 is 2.79 bits per heavy atom. The largest absolute Gasteiger partial charge is 0.350 e. The Bertz CT molecular complexity index is 547. The van der Waals surface area contributed by atoms with E-state index >= 15 is 0 Å². The monoisotopic (exact) mass is 254 g/mol. The number of nitrogens with one attached hydrogen (secondary N) is 2. The lowest BCUT2D eigenvalue weighted by Gasteiger charge is -2.12. The maximum atomic E-state index is 4.62. The van der Waals surface area contributed by atoms with Crippen LogP contribution in [0.15, 0.2) is 36.4 Å². The molecule has 1 fully saturated rings. The number of aryl methyl sites for hydroxylation is 1. The molecule has 1 aliphatic rings. The van der Waals surface area contributed by atoms with Crippen molar-refractivity contribution in [3.63, 3.8) is 0 Å². The predicted octanol–water partition coefficient (Wildman–Crippen LogP) is 2.23. The fourth-order valence-electron chi connectivity index (χ4n) is 2.35. The molecule has 2 N–H and O–H groups in total. The average Bonchev–Trinajstić information content (AvgIpc) is 2.92. The van der Waals surface area contributed by atoms with Gasteiger partial charge >= 0.3 is 0 Å². The highest BCUT2D eigenvalue weighted by atomic mass is 15.1. The van der Waals surface area contributed by atoms with Crippen LogP contribution in [0.3, 0.4) is 0 Å². The van der Waals surface area contributed by atoms with E-state index < -0.39 is 0 Å². The van der Waals surface area contributed by atoms with Crippen LogP contribution in [-0.2, 0) is 0 Å². The Balaban J connectivity index is 1.87. The van der Waals surface area contributed by atoms with E-state index in [9.17, 15) is 0 Å². The van der Waals surface area contributed by atoms with Gasteiger partial charge in [-0.25, -0.2) is 9.97 Å². The topological polar surface area (TPSA) is 49.8 Å². The van der Waals surface area contributed by atoms with E-state index in [0.29, 0.717) is 6.04 Å². The van der Waals surface area contributed by atoms with E-state index in [2.05, 4.69) is 32.7 Å². The van der Waals surface area contributed by atoms with Gasteiger partial charge in [0.25, 0.3) is 0 Å². The summed E-state index contributed by atoms with van der Waals surface area (Å²) >= 11 is 0. The summed E-state index contributed by atoms with van der Waals surface area (Å²) in [7, 11) is 0. The first-order valence-corrected chi connectivity index (χ1v) is 6.69. The van der Waals surface area contributed by atoms with Gasteiger partial charge in [0.1, 0.15) is 0 Å². The van der Waals surface area contributed by atoms with E-state index in [0.717, 1.165) is 42.4 Å². The van der Waals surface area contributed by atoms with Gasteiger partial charge in [-0.05, 0) is 26.0 Å². The molecule has 3 rings (SSSR count). The summed E-state index contributed by atoms with van der Waals surface area (Å²) in [5.74, 6) is 0.729. The molecule has 1 unspecified atom stereocenters. The third-order valence-corrected chi connectivity index (χ3v) is 3.32. The van der Waals surface area contributed by atoms with Gasteiger partial charge in [0, 0.05) is 23.8 Å². The molecule has 19 heavy (non-hydrogen) atoms. The Kier molecular flexibility index (Phi) is 3.42. The van der Waals surface area contributed by atoms with E-state index in [1.54, 1.807) is 0 Å². The van der Waals surface area contributed by atoms with Gasteiger partial charge in [-0.15, -0.1) is 0 Å². The molecule has 98 valence electrons. The number of anilines is 1. The molecule has 0 spiro atoms. The Labute approximate surface area is 113 Å². The molecule has 4 nitrogen and oxygen atoms in total. The molecule has 4 heteroatoms. The van der Waals surface area contributed by atoms with Crippen LogP contribution < -0.4 is 10.6 Å². The van der Waals surface area contributed by atoms with E-state index in [1.165, 1.54) is 0 Å². The SMILES string of the molecule is Cc1cc(-c2ccccc2)nc(NC2CCNC2)n1. The van der Waals surface area contributed by atoms with Crippen LogP contribution >= 0.6 is 0 Å². The molecule has 2 heterocycles. The third kappa shape index (κ3) is 2.90. The normalized spacial score (nSPS) is 18.5. The number of nitrogens with zero attached hydrogens (tertiary/aromatic N) is 2. The zero-order valence-corrected chi connectivity index (χ0v) is 11.1. The lowest BCUT2D eigenvalue weighted by atomic mass is 10.1. The number of benzene rings is 1. The van der Waals surface area contributed by atoms with Crippen molar-refractivity contribution in [2.75, 3.05) is 18.4 Å². The van der Waals surface area contributed by atoms with Crippen molar-refractivity contribution in [3.05, 3.63) is 42.1 Å². The van der Waals surface area contributed by atoms with Gasteiger partial charge in [0.15, 0.2) is 0 Å². The summed E-state index contributed by atoms with van der Waals surface area (Å²) in [6.45, 7) is 4.05. The second-order valence-corrected chi connectivity index (χ2v) is 4.92. The van der Waals surface area contributed by atoms with Gasteiger partial charge in [0.05, 0.1) is 5.69 Å². The van der Waals surface area contributed by atoms with Crippen LogP contribution in [-0.4, -0.2) is 29.1 Å². The number of aromatic nitrogens is 2.